The third-order valence-corrected chi connectivity index (χ3v) is 11.0. The van der Waals surface area contributed by atoms with Crippen molar-refractivity contribution in [3.63, 3.8) is 0 Å². The van der Waals surface area contributed by atoms with E-state index < -0.39 is 59.7 Å². The largest absolute Gasteiger partial charge is 0.492 e. The first kappa shape index (κ1) is 44.2. The van der Waals surface area contributed by atoms with Gasteiger partial charge in [-0.2, -0.15) is 0 Å². The predicted octanol–water partition coefficient (Wildman–Crippen LogP) is 4.06. The van der Waals surface area contributed by atoms with Gasteiger partial charge >= 0.3 is 6.09 Å². The van der Waals surface area contributed by atoms with Gasteiger partial charge in [-0.3, -0.25) is 19.8 Å². The molecule has 0 bridgehead atoms. The van der Waals surface area contributed by atoms with Crippen molar-refractivity contribution in [2.75, 3.05) is 39.5 Å². The fourth-order valence-corrected chi connectivity index (χ4v) is 7.59. The maximum atomic E-state index is 14.4. The number of amides is 3. The summed E-state index contributed by atoms with van der Waals surface area (Å²) in [6.45, 7) is 10.2. The van der Waals surface area contributed by atoms with E-state index in [9.17, 15) is 24.6 Å². The first-order chi connectivity index (χ1) is 28.9. The molecule has 0 spiro atoms. The second-order valence-corrected chi connectivity index (χ2v) is 16.6. The summed E-state index contributed by atoms with van der Waals surface area (Å²) in [5, 5.41) is 35.4. The van der Waals surface area contributed by atoms with Crippen LogP contribution in [0.5, 0.6) is 5.75 Å². The second kappa shape index (κ2) is 21.3. The smallest absolute Gasteiger partial charge is 0.408 e. The van der Waals surface area contributed by atoms with Gasteiger partial charge in [-0.05, 0) is 51.8 Å². The molecule has 1 heterocycles. The highest BCUT2D eigenvalue weighted by Crippen LogP contribution is 2.31. The van der Waals surface area contributed by atoms with Gasteiger partial charge in [0.1, 0.15) is 31.0 Å². The van der Waals surface area contributed by atoms with Gasteiger partial charge in [-0.15, -0.1) is 0 Å². The van der Waals surface area contributed by atoms with Crippen molar-refractivity contribution >= 4 is 17.9 Å². The monoisotopic (exact) mass is 821 g/mol. The minimum absolute atomic E-state index is 0.0216. The van der Waals surface area contributed by atoms with Gasteiger partial charge in [0.05, 0.1) is 37.5 Å². The van der Waals surface area contributed by atoms with E-state index in [1.165, 1.54) is 0 Å². The number of fused-ring (bicyclic) bond motifs is 1. The fraction of sp³-hybridized carbons (Fsp3) is 0.426. The van der Waals surface area contributed by atoms with Crippen molar-refractivity contribution in [2.24, 2.45) is 5.41 Å². The molecule has 4 aromatic carbocycles. The Morgan fingerprint density at radius 1 is 0.817 bits per heavy atom. The van der Waals surface area contributed by atoms with E-state index in [2.05, 4.69) is 26.2 Å². The molecule has 0 aromatic heterocycles. The third kappa shape index (κ3) is 12.6. The lowest BCUT2D eigenvalue weighted by Crippen LogP contribution is -2.62. The highest BCUT2D eigenvalue weighted by Gasteiger charge is 2.40. The fourth-order valence-electron chi connectivity index (χ4n) is 7.59. The van der Waals surface area contributed by atoms with Crippen LogP contribution in [0.2, 0.25) is 0 Å². The number of nitrogens with one attached hydrogen (secondary N) is 4. The Kier molecular flexibility index (Phi) is 15.7. The summed E-state index contributed by atoms with van der Waals surface area (Å²) in [5.41, 5.74) is 3.42. The lowest BCUT2D eigenvalue weighted by molar-refractivity contribution is -0.131. The summed E-state index contributed by atoms with van der Waals surface area (Å²) in [7, 11) is 0. The van der Waals surface area contributed by atoms with Crippen molar-refractivity contribution in [2.45, 2.75) is 83.1 Å². The van der Waals surface area contributed by atoms with Gasteiger partial charge in [0.2, 0.25) is 11.8 Å². The Morgan fingerprint density at radius 2 is 1.47 bits per heavy atom. The Bertz CT molecular complexity index is 1970. The molecule has 1 fully saturated rings. The summed E-state index contributed by atoms with van der Waals surface area (Å²) >= 11 is 0. The molecule has 60 heavy (non-hydrogen) atoms. The molecule has 1 saturated heterocycles. The molecule has 6 atom stereocenters. The SMILES string of the molecule is CC(C)(C)[C@H](NC(=O)OCc1ccccc1)C(=O)NC(Cc1ccccc1)C(O)C(NCc1ccc(OCCN2CCOCC2)cc1)C(=O)NC1c2ccccc2CC1O. The van der Waals surface area contributed by atoms with Crippen molar-refractivity contribution in [1.29, 1.82) is 0 Å². The number of nitrogens with zero attached hydrogens (tertiary/aromatic N) is 1. The first-order valence-corrected chi connectivity index (χ1v) is 20.8. The van der Waals surface area contributed by atoms with Gasteiger partial charge in [0.15, 0.2) is 0 Å². The molecule has 320 valence electrons. The number of rotatable bonds is 18. The molecule has 5 unspecified atom stereocenters. The van der Waals surface area contributed by atoms with Gasteiger partial charge in [-0.25, -0.2) is 4.79 Å². The molecule has 1 aliphatic heterocycles. The average Bonchev–Trinajstić information content (AvgIpc) is 3.56. The van der Waals surface area contributed by atoms with E-state index in [0.717, 1.165) is 60.7 Å². The number of morpholine rings is 1. The Morgan fingerprint density at radius 3 is 2.15 bits per heavy atom. The summed E-state index contributed by atoms with van der Waals surface area (Å²) in [6.07, 6.45) is -2.56. The number of hydrogen-bond donors (Lipinski definition) is 6. The molecule has 2 aliphatic rings. The molecule has 1 aliphatic carbocycles. The van der Waals surface area contributed by atoms with Crippen molar-refractivity contribution in [1.82, 2.24) is 26.2 Å². The number of carbonyl (C=O) groups excluding carboxylic acids is 3. The average molecular weight is 822 g/mol. The van der Waals surface area contributed by atoms with Gasteiger partial charge in [0, 0.05) is 32.6 Å². The summed E-state index contributed by atoms with van der Waals surface area (Å²) in [4.78, 5) is 44.1. The van der Waals surface area contributed by atoms with Crippen LogP contribution in [0.1, 0.15) is 54.6 Å². The lowest BCUT2D eigenvalue weighted by Gasteiger charge is -2.35. The van der Waals surface area contributed by atoms with E-state index in [0.29, 0.717) is 18.8 Å². The highest BCUT2D eigenvalue weighted by atomic mass is 16.5. The number of alkyl carbamates (subject to hydrolysis) is 1. The van der Waals surface area contributed by atoms with Gasteiger partial charge in [-0.1, -0.05) is 118 Å². The van der Waals surface area contributed by atoms with Crippen LogP contribution in [0.4, 0.5) is 4.79 Å². The number of ether oxygens (including phenoxy) is 3. The molecule has 3 amide bonds. The Balaban J connectivity index is 1.20. The lowest BCUT2D eigenvalue weighted by atomic mass is 9.85. The van der Waals surface area contributed by atoms with E-state index in [1.807, 2.05) is 130 Å². The second-order valence-electron chi connectivity index (χ2n) is 16.6. The molecular weight excluding hydrogens is 763 g/mol. The van der Waals surface area contributed by atoms with Crippen LogP contribution in [0.25, 0.3) is 0 Å². The van der Waals surface area contributed by atoms with Crippen LogP contribution in [0.3, 0.4) is 0 Å². The van der Waals surface area contributed by atoms with Crippen LogP contribution in [0.15, 0.2) is 109 Å². The first-order valence-electron chi connectivity index (χ1n) is 20.8. The van der Waals surface area contributed by atoms with E-state index in [-0.39, 0.29) is 19.6 Å². The molecule has 6 N–H and O–H groups in total. The summed E-state index contributed by atoms with van der Waals surface area (Å²) < 4.78 is 16.9. The molecule has 6 rings (SSSR count). The van der Waals surface area contributed by atoms with E-state index in [4.69, 9.17) is 14.2 Å². The standard InChI is InChI=1S/C47H59N5O8/c1-47(2,3)43(51-46(57)60-31-34-14-8-5-9-15-34)45(56)49-38(28-32-12-6-4-7-13-32)42(54)41(44(55)50-40-37-17-11-10-16-35(37)29-39(40)53)48-30-33-18-20-36(21-19-33)59-27-24-52-22-25-58-26-23-52/h4-21,38-43,48,53-54H,22-31H2,1-3H3,(H,49,56)(H,50,55)(H,51,57)/t38?,39?,40?,41?,42?,43-/m1/s1. The zero-order valence-corrected chi connectivity index (χ0v) is 34.7. The molecule has 13 heteroatoms. The number of aliphatic hydroxyl groups excluding tert-OH is 2. The zero-order chi connectivity index (χ0) is 42.5. The third-order valence-electron chi connectivity index (χ3n) is 11.0. The molecular formula is C47H59N5O8. The summed E-state index contributed by atoms with van der Waals surface area (Å²) in [5.74, 6) is -0.386. The highest BCUT2D eigenvalue weighted by molar-refractivity contribution is 5.87. The number of aliphatic hydroxyl groups is 2. The maximum Gasteiger partial charge on any atom is 0.408 e. The van der Waals surface area contributed by atoms with Crippen LogP contribution in [-0.2, 0) is 45.1 Å². The quantitative estimate of drug-likeness (QED) is 0.0861. The van der Waals surface area contributed by atoms with Crippen LogP contribution < -0.4 is 26.0 Å². The maximum absolute atomic E-state index is 14.4. The number of carbonyl (C=O) groups is 3. The minimum atomic E-state index is -1.48. The van der Waals surface area contributed by atoms with E-state index >= 15 is 0 Å². The molecule has 0 saturated carbocycles. The van der Waals surface area contributed by atoms with Crippen LogP contribution in [0, 0.1) is 5.41 Å². The van der Waals surface area contributed by atoms with Gasteiger partial charge in [0.25, 0.3) is 0 Å². The topological polar surface area (TPSA) is 171 Å². The van der Waals surface area contributed by atoms with Crippen LogP contribution in [-0.4, -0.2) is 103 Å². The molecule has 4 aromatic rings. The normalized spacial score (nSPS) is 18.6. The van der Waals surface area contributed by atoms with Crippen molar-refractivity contribution < 1.29 is 38.8 Å². The number of hydrogen-bond acceptors (Lipinski definition) is 10. The van der Waals surface area contributed by atoms with Crippen LogP contribution >= 0.6 is 0 Å². The van der Waals surface area contributed by atoms with E-state index in [1.54, 1.807) is 0 Å². The predicted molar refractivity (Wildman–Crippen MR) is 228 cm³/mol. The zero-order valence-electron chi connectivity index (χ0n) is 34.7. The Hall–Kier alpha value is -5.31. The minimum Gasteiger partial charge on any atom is -0.492 e. The van der Waals surface area contributed by atoms with Crippen molar-refractivity contribution in [3.05, 3.63) is 137 Å². The molecule has 13 nitrogen and oxygen atoms in total. The molecule has 0 radical (unpaired) electrons. The Labute approximate surface area is 352 Å². The summed E-state index contributed by atoms with van der Waals surface area (Å²) in [6, 6.07) is 29.7. The number of benzene rings is 4. The van der Waals surface area contributed by atoms with Crippen molar-refractivity contribution in [3.8, 4) is 5.75 Å². The van der Waals surface area contributed by atoms with Gasteiger partial charge < -0.3 is 40.4 Å².